The zero-order valence-corrected chi connectivity index (χ0v) is 17.7. The number of benzene rings is 3. The zero-order valence-electron chi connectivity index (χ0n) is 17.7. The molecule has 2 aliphatic rings. The summed E-state index contributed by atoms with van der Waals surface area (Å²) in [7, 11) is 0. The van der Waals surface area contributed by atoms with E-state index in [9.17, 15) is 4.79 Å². The minimum Gasteiger partial charge on any atom is -0.493 e. The fourth-order valence-electron chi connectivity index (χ4n) is 4.31. The van der Waals surface area contributed by atoms with Gasteiger partial charge in [0.25, 0.3) is 5.91 Å². The number of hydrogen-bond acceptors (Lipinski definition) is 5. The number of amides is 1. The number of piperazine rings is 1. The van der Waals surface area contributed by atoms with Gasteiger partial charge in [0.1, 0.15) is 5.75 Å². The maximum absolute atomic E-state index is 13.5. The molecule has 0 aromatic heterocycles. The second-order valence-electron chi connectivity index (χ2n) is 7.85. The topological polar surface area (TPSA) is 51.2 Å². The predicted octanol–water partition coefficient (Wildman–Crippen LogP) is 3.93. The van der Waals surface area contributed by atoms with Crippen molar-refractivity contribution < 1.29 is 19.0 Å². The van der Waals surface area contributed by atoms with E-state index in [1.165, 1.54) is 5.56 Å². The minimum atomic E-state index is 0.0444. The maximum atomic E-state index is 13.5. The molecule has 0 atom stereocenters. The molecule has 2 heterocycles. The van der Waals surface area contributed by atoms with E-state index in [0.717, 1.165) is 41.9 Å². The Bertz CT molecular complexity index is 1110. The first kappa shape index (κ1) is 19.7. The Hall–Kier alpha value is -3.25. The highest BCUT2D eigenvalue weighted by atomic mass is 16.7. The fraction of sp³-hybridized carbons (Fsp3) is 0.320. The van der Waals surface area contributed by atoms with Crippen molar-refractivity contribution in [2.45, 2.75) is 13.5 Å². The van der Waals surface area contributed by atoms with Crippen LogP contribution >= 0.6 is 0 Å². The van der Waals surface area contributed by atoms with Gasteiger partial charge >= 0.3 is 0 Å². The molecule has 0 radical (unpaired) electrons. The van der Waals surface area contributed by atoms with Crippen molar-refractivity contribution in [3.05, 3.63) is 65.7 Å². The third-order valence-electron chi connectivity index (χ3n) is 5.91. The van der Waals surface area contributed by atoms with Gasteiger partial charge in [-0.05, 0) is 41.5 Å². The van der Waals surface area contributed by atoms with Crippen LogP contribution in [-0.2, 0) is 6.54 Å². The van der Waals surface area contributed by atoms with E-state index in [-0.39, 0.29) is 12.7 Å². The molecule has 1 fully saturated rings. The van der Waals surface area contributed by atoms with Gasteiger partial charge in [-0.15, -0.1) is 0 Å². The van der Waals surface area contributed by atoms with Gasteiger partial charge in [-0.2, -0.15) is 0 Å². The molecule has 3 aromatic carbocycles. The van der Waals surface area contributed by atoms with Crippen molar-refractivity contribution in [3.63, 3.8) is 0 Å². The van der Waals surface area contributed by atoms with Crippen molar-refractivity contribution in [2.24, 2.45) is 0 Å². The molecule has 1 amide bonds. The van der Waals surface area contributed by atoms with Crippen LogP contribution in [0.1, 0.15) is 22.8 Å². The second kappa shape index (κ2) is 8.47. The van der Waals surface area contributed by atoms with Gasteiger partial charge in [0.05, 0.1) is 12.2 Å². The molecule has 31 heavy (non-hydrogen) atoms. The van der Waals surface area contributed by atoms with Gasteiger partial charge in [-0.1, -0.05) is 36.4 Å². The van der Waals surface area contributed by atoms with E-state index in [0.29, 0.717) is 31.0 Å². The van der Waals surface area contributed by atoms with Crippen LogP contribution in [0.15, 0.2) is 54.6 Å². The number of nitrogens with zero attached hydrogens (tertiary/aromatic N) is 2. The van der Waals surface area contributed by atoms with E-state index < -0.39 is 0 Å². The Morgan fingerprint density at radius 2 is 1.77 bits per heavy atom. The first-order chi connectivity index (χ1) is 15.2. The number of fused-ring (bicyclic) bond motifs is 2. The third-order valence-corrected chi connectivity index (χ3v) is 5.91. The monoisotopic (exact) mass is 418 g/mol. The van der Waals surface area contributed by atoms with E-state index in [4.69, 9.17) is 14.2 Å². The lowest BCUT2D eigenvalue weighted by Gasteiger charge is -2.35. The number of hydrogen-bond donors (Lipinski definition) is 0. The lowest BCUT2D eigenvalue weighted by molar-refractivity contribution is 0.0626. The highest BCUT2D eigenvalue weighted by molar-refractivity contribution is 6.09. The molecule has 5 rings (SSSR count). The summed E-state index contributed by atoms with van der Waals surface area (Å²) in [5.74, 6) is 2.32. The van der Waals surface area contributed by atoms with Crippen LogP contribution in [0.3, 0.4) is 0 Å². The van der Waals surface area contributed by atoms with Gasteiger partial charge in [-0.25, -0.2) is 0 Å². The Balaban J connectivity index is 1.30. The van der Waals surface area contributed by atoms with Gasteiger partial charge < -0.3 is 19.1 Å². The van der Waals surface area contributed by atoms with Crippen molar-refractivity contribution in [3.8, 4) is 17.2 Å². The molecule has 0 bridgehead atoms. The summed E-state index contributed by atoms with van der Waals surface area (Å²) in [5.41, 5.74) is 1.86. The van der Waals surface area contributed by atoms with Crippen LogP contribution in [0.4, 0.5) is 0 Å². The molecular weight excluding hydrogens is 392 g/mol. The summed E-state index contributed by atoms with van der Waals surface area (Å²) in [6, 6.07) is 18.0. The molecule has 1 saturated heterocycles. The summed E-state index contributed by atoms with van der Waals surface area (Å²) in [5, 5.41) is 2.00. The fourth-order valence-corrected chi connectivity index (χ4v) is 4.31. The van der Waals surface area contributed by atoms with Crippen molar-refractivity contribution in [1.29, 1.82) is 0 Å². The van der Waals surface area contributed by atoms with E-state index >= 15 is 0 Å². The zero-order chi connectivity index (χ0) is 21.2. The Morgan fingerprint density at radius 1 is 0.968 bits per heavy atom. The van der Waals surface area contributed by atoms with E-state index in [1.54, 1.807) is 0 Å². The second-order valence-corrected chi connectivity index (χ2v) is 7.85. The lowest BCUT2D eigenvalue weighted by atomic mass is 10.0. The number of carbonyl (C=O) groups is 1. The molecule has 2 aliphatic heterocycles. The molecule has 0 N–H and O–H groups in total. The summed E-state index contributed by atoms with van der Waals surface area (Å²) in [6.07, 6.45) is 0. The first-order valence-electron chi connectivity index (χ1n) is 10.8. The average Bonchev–Trinajstić information content (AvgIpc) is 3.27. The number of rotatable bonds is 5. The molecule has 0 aliphatic carbocycles. The number of ether oxygens (including phenoxy) is 3. The van der Waals surface area contributed by atoms with Gasteiger partial charge in [-0.3, -0.25) is 9.69 Å². The van der Waals surface area contributed by atoms with Crippen LogP contribution in [0.2, 0.25) is 0 Å². The number of carbonyl (C=O) groups excluding carboxylic acids is 1. The van der Waals surface area contributed by atoms with Crippen LogP contribution in [0, 0.1) is 0 Å². The Kier molecular flexibility index (Phi) is 5.38. The van der Waals surface area contributed by atoms with Crippen molar-refractivity contribution in [2.75, 3.05) is 39.6 Å². The van der Waals surface area contributed by atoms with E-state index in [2.05, 4.69) is 11.0 Å². The molecule has 0 spiro atoms. The molecule has 6 nitrogen and oxygen atoms in total. The molecule has 0 unspecified atom stereocenters. The quantitative estimate of drug-likeness (QED) is 0.629. The predicted molar refractivity (Wildman–Crippen MR) is 119 cm³/mol. The highest BCUT2D eigenvalue weighted by Gasteiger charge is 2.26. The molecule has 0 saturated carbocycles. The van der Waals surface area contributed by atoms with Crippen LogP contribution in [-0.4, -0.2) is 55.3 Å². The SMILES string of the molecule is CCOc1ccc2ccccc2c1C(=O)N1CCN(Cc2ccc3c(c2)OCO3)CC1. The lowest BCUT2D eigenvalue weighted by Crippen LogP contribution is -2.48. The molecule has 160 valence electrons. The van der Waals surface area contributed by atoms with Gasteiger partial charge in [0.15, 0.2) is 11.5 Å². The molecule has 6 heteroatoms. The van der Waals surface area contributed by atoms with Gasteiger partial charge in [0.2, 0.25) is 6.79 Å². The van der Waals surface area contributed by atoms with Crippen LogP contribution in [0.5, 0.6) is 17.2 Å². The summed E-state index contributed by atoms with van der Waals surface area (Å²) >= 11 is 0. The first-order valence-corrected chi connectivity index (χ1v) is 10.8. The van der Waals surface area contributed by atoms with E-state index in [1.807, 2.05) is 60.4 Å². The minimum absolute atomic E-state index is 0.0444. The van der Waals surface area contributed by atoms with Crippen LogP contribution in [0.25, 0.3) is 10.8 Å². The van der Waals surface area contributed by atoms with Crippen molar-refractivity contribution in [1.82, 2.24) is 9.80 Å². The Labute approximate surface area is 181 Å². The largest absolute Gasteiger partial charge is 0.493 e. The van der Waals surface area contributed by atoms with Crippen LogP contribution < -0.4 is 14.2 Å². The molecule has 3 aromatic rings. The van der Waals surface area contributed by atoms with Gasteiger partial charge in [0, 0.05) is 32.7 Å². The highest BCUT2D eigenvalue weighted by Crippen LogP contribution is 2.33. The summed E-state index contributed by atoms with van der Waals surface area (Å²) in [4.78, 5) is 17.8. The standard InChI is InChI=1S/C25H26N2O4/c1-2-29-22-10-8-19-5-3-4-6-20(19)24(22)25(28)27-13-11-26(12-14-27)16-18-7-9-21-23(15-18)31-17-30-21/h3-10,15H,2,11-14,16-17H2,1H3. The normalized spacial score (nSPS) is 16.0. The smallest absolute Gasteiger partial charge is 0.258 e. The summed E-state index contributed by atoms with van der Waals surface area (Å²) in [6.45, 7) is 6.63. The average molecular weight is 418 g/mol. The Morgan fingerprint density at radius 3 is 2.61 bits per heavy atom. The summed E-state index contributed by atoms with van der Waals surface area (Å²) < 4.78 is 16.7. The third kappa shape index (κ3) is 3.91. The molecular formula is C25H26N2O4. The van der Waals surface area contributed by atoms with Crippen molar-refractivity contribution >= 4 is 16.7 Å². The maximum Gasteiger partial charge on any atom is 0.258 e.